The van der Waals surface area contributed by atoms with Crippen molar-refractivity contribution in [1.29, 1.82) is 0 Å². The maximum atomic E-state index is 12.3. The molecule has 0 saturated heterocycles. The van der Waals surface area contributed by atoms with Crippen LogP contribution in [0.5, 0.6) is 11.5 Å². The first kappa shape index (κ1) is 23.8. The zero-order valence-electron chi connectivity index (χ0n) is 17.4. The van der Waals surface area contributed by atoms with Crippen LogP contribution in [-0.2, 0) is 19.6 Å². The number of thiazole rings is 1. The van der Waals surface area contributed by atoms with Crippen LogP contribution in [0.3, 0.4) is 0 Å². The number of sulfonamides is 1. The number of methoxy groups -OCH3 is 2. The van der Waals surface area contributed by atoms with Crippen molar-refractivity contribution in [1.82, 2.24) is 4.98 Å². The Morgan fingerprint density at radius 2 is 1.76 bits per heavy atom. The molecule has 1 heterocycles. The van der Waals surface area contributed by atoms with Crippen molar-refractivity contribution >= 4 is 49.6 Å². The van der Waals surface area contributed by atoms with Crippen LogP contribution in [0, 0.1) is 0 Å². The van der Waals surface area contributed by atoms with Gasteiger partial charge in [0.2, 0.25) is 5.78 Å². The van der Waals surface area contributed by atoms with Crippen molar-refractivity contribution in [2.45, 2.75) is 4.90 Å². The molecular weight excluding hydrogens is 470 g/mol. The van der Waals surface area contributed by atoms with Gasteiger partial charge in [-0.25, -0.2) is 13.4 Å². The number of carbonyl (C=O) groups excluding carboxylic acids is 2. The van der Waals surface area contributed by atoms with Gasteiger partial charge in [0.25, 0.3) is 15.9 Å². The topological polar surface area (TPSA) is 144 Å². The summed E-state index contributed by atoms with van der Waals surface area (Å²) < 4.78 is 37.3. The molecule has 12 heteroatoms. The summed E-state index contributed by atoms with van der Waals surface area (Å²) in [5, 5.41) is 14.4. The van der Waals surface area contributed by atoms with Gasteiger partial charge >= 0.3 is 0 Å². The van der Waals surface area contributed by atoms with Gasteiger partial charge < -0.3 is 19.9 Å². The number of hydrogen-bond donors (Lipinski definition) is 3. The summed E-state index contributed by atoms with van der Waals surface area (Å²) in [5.41, 5.74) is 0.441. The monoisotopic (exact) mass is 489 g/mol. The van der Waals surface area contributed by atoms with Gasteiger partial charge in [0.1, 0.15) is 5.76 Å². The van der Waals surface area contributed by atoms with Gasteiger partial charge in [-0.1, -0.05) is 0 Å². The Balaban J connectivity index is 1.67. The van der Waals surface area contributed by atoms with Crippen LogP contribution in [-0.4, -0.2) is 44.4 Å². The number of aliphatic hydroxyl groups excluding tert-OH is 1. The fraction of sp³-hybridized carbons (Fsp3) is 0.0952. The van der Waals surface area contributed by atoms with Gasteiger partial charge in [-0.05, 0) is 42.5 Å². The third kappa shape index (κ3) is 5.87. The molecule has 172 valence electrons. The second-order valence-electron chi connectivity index (χ2n) is 6.38. The highest BCUT2D eigenvalue weighted by Crippen LogP contribution is 2.29. The first-order chi connectivity index (χ1) is 15.7. The number of benzene rings is 2. The lowest BCUT2D eigenvalue weighted by Crippen LogP contribution is -2.21. The lowest BCUT2D eigenvalue weighted by Gasteiger charge is -2.09. The number of nitrogens with zero attached hydrogens (tertiary/aromatic N) is 1. The Morgan fingerprint density at radius 3 is 2.36 bits per heavy atom. The first-order valence-corrected chi connectivity index (χ1v) is 11.6. The average molecular weight is 490 g/mol. The third-order valence-corrected chi connectivity index (χ3v) is 6.42. The van der Waals surface area contributed by atoms with Crippen molar-refractivity contribution in [2.24, 2.45) is 0 Å². The van der Waals surface area contributed by atoms with E-state index in [4.69, 9.17) is 9.47 Å². The zero-order chi connectivity index (χ0) is 24.0. The molecule has 0 fully saturated rings. The summed E-state index contributed by atoms with van der Waals surface area (Å²) in [6.45, 7) is 0. The van der Waals surface area contributed by atoms with Crippen molar-refractivity contribution in [2.75, 3.05) is 24.3 Å². The van der Waals surface area contributed by atoms with Crippen LogP contribution in [0.1, 0.15) is 5.56 Å². The van der Waals surface area contributed by atoms with E-state index in [2.05, 4.69) is 15.0 Å². The van der Waals surface area contributed by atoms with Gasteiger partial charge in [-0.2, -0.15) is 0 Å². The average Bonchev–Trinajstić information content (AvgIpc) is 3.31. The van der Waals surface area contributed by atoms with E-state index in [1.165, 1.54) is 56.8 Å². The zero-order valence-corrected chi connectivity index (χ0v) is 19.1. The molecule has 0 aliphatic rings. The first-order valence-electron chi connectivity index (χ1n) is 9.24. The Morgan fingerprint density at radius 1 is 1.06 bits per heavy atom. The Hall–Kier alpha value is -3.90. The van der Waals surface area contributed by atoms with Crippen LogP contribution in [0.15, 0.2) is 65.0 Å². The van der Waals surface area contributed by atoms with Crippen LogP contribution in [0.2, 0.25) is 0 Å². The second kappa shape index (κ2) is 10.1. The quantitative estimate of drug-likeness (QED) is 0.236. The minimum atomic E-state index is -3.85. The molecule has 3 N–H and O–H groups in total. The fourth-order valence-electron chi connectivity index (χ4n) is 2.63. The Labute approximate surface area is 193 Å². The maximum Gasteiger partial charge on any atom is 0.296 e. The Kier molecular flexibility index (Phi) is 7.30. The van der Waals surface area contributed by atoms with Crippen molar-refractivity contribution < 1.29 is 32.6 Å². The lowest BCUT2D eigenvalue weighted by atomic mass is 10.1. The molecule has 33 heavy (non-hydrogen) atoms. The number of aromatic nitrogens is 1. The van der Waals surface area contributed by atoms with Gasteiger partial charge in [0.15, 0.2) is 16.6 Å². The van der Waals surface area contributed by atoms with Crippen LogP contribution in [0.25, 0.3) is 5.76 Å². The largest absolute Gasteiger partial charge is 0.507 e. The molecule has 2 aromatic carbocycles. The summed E-state index contributed by atoms with van der Waals surface area (Å²) in [7, 11) is -0.964. The molecule has 0 radical (unpaired) electrons. The summed E-state index contributed by atoms with van der Waals surface area (Å²) in [6, 6.07) is 9.70. The van der Waals surface area contributed by atoms with E-state index in [-0.39, 0.29) is 21.3 Å². The number of ether oxygens (including phenoxy) is 2. The normalized spacial score (nSPS) is 11.5. The molecule has 1 aromatic heterocycles. The smallest absolute Gasteiger partial charge is 0.296 e. The molecule has 0 spiro atoms. The second-order valence-corrected chi connectivity index (χ2v) is 8.96. The standard InChI is InChI=1S/C21H19N3O7S2/c1-30-18-8-3-13(11-19(18)31-2)16(25)12-17(26)20(27)23-14-4-6-15(7-5-14)33(28,29)24-21-22-9-10-32-21/h3-12,25H,1-2H3,(H,22,24)(H,23,27)/b16-12-. The van der Waals surface area contributed by atoms with E-state index in [1.54, 1.807) is 11.4 Å². The number of amides is 1. The van der Waals surface area contributed by atoms with Crippen LogP contribution < -0.4 is 19.5 Å². The molecule has 0 bridgehead atoms. The number of rotatable bonds is 9. The van der Waals surface area contributed by atoms with E-state index < -0.39 is 27.5 Å². The number of ketones is 1. The summed E-state index contributed by atoms with van der Waals surface area (Å²) >= 11 is 1.13. The molecular formula is C21H19N3O7S2. The number of aliphatic hydroxyl groups is 1. The molecule has 10 nitrogen and oxygen atoms in total. The molecule has 0 aliphatic carbocycles. The molecule has 0 atom stereocenters. The number of anilines is 2. The minimum Gasteiger partial charge on any atom is -0.507 e. The fourth-order valence-corrected chi connectivity index (χ4v) is 4.42. The highest BCUT2D eigenvalue weighted by molar-refractivity contribution is 7.93. The van der Waals surface area contributed by atoms with Crippen molar-refractivity contribution in [3.63, 3.8) is 0 Å². The Bertz CT molecular complexity index is 1290. The SMILES string of the molecule is COc1ccc(/C(O)=C/C(=O)C(=O)Nc2ccc(S(=O)(=O)Nc3nccs3)cc2)cc1OC. The van der Waals surface area contributed by atoms with Gasteiger partial charge in [0, 0.05) is 28.9 Å². The molecule has 3 aromatic rings. The third-order valence-electron chi connectivity index (χ3n) is 4.25. The number of carbonyl (C=O) groups is 2. The van der Waals surface area contributed by atoms with Crippen molar-refractivity contribution in [3.8, 4) is 11.5 Å². The van der Waals surface area contributed by atoms with Crippen LogP contribution in [0.4, 0.5) is 10.8 Å². The summed E-state index contributed by atoms with van der Waals surface area (Å²) in [6.07, 6.45) is 2.24. The number of nitrogens with one attached hydrogen (secondary N) is 2. The van der Waals surface area contributed by atoms with E-state index in [0.29, 0.717) is 11.5 Å². The van der Waals surface area contributed by atoms with Gasteiger partial charge in [0.05, 0.1) is 19.1 Å². The molecule has 0 unspecified atom stereocenters. The number of hydrogen-bond acceptors (Lipinski definition) is 9. The minimum absolute atomic E-state index is 0.0481. The highest BCUT2D eigenvalue weighted by atomic mass is 32.2. The molecule has 3 rings (SSSR count). The highest BCUT2D eigenvalue weighted by Gasteiger charge is 2.17. The van der Waals surface area contributed by atoms with Crippen molar-refractivity contribution in [3.05, 3.63) is 65.7 Å². The van der Waals surface area contributed by atoms with Gasteiger partial charge in [-0.3, -0.25) is 14.3 Å². The van der Waals surface area contributed by atoms with Crippen LogP contribution >= 0.6 is 11.3 Å². The van der Waals surface area contributed by atoms with E-state index in [9.17, 15) is 23.1 Å². The molecule has 1 amide bonds. The van der Waals surface area contributed by atoms with Gasteiger partial charge in [-0.15, -0.1) is 11.3 Å². The predicted octanol–water partition coefficient (Wildman–Crippen LogP) is 3.07. The lowest BCUT2D eigenvalue weighted by molar-refractivity contribution is -0.131. The van der Waals surface area contributed by atoms with E-state index in [0.717, 1.165) is 17.4 Å². The van der Waals surface area contributed by atoms with E-state index >= 15 is 0 Å². The molecule has 0 saturated carbocycles. The predicted molar refractivity (Wildman–Crippen MR) is 123 cm³/mol. The van der Waals surface area contributed by atoms with E-state index in [1.807, 2.05) is 0 Å². The summed E-state index contributed by atoms with van der Waals surface area (Å²) in [4.78, 5) is 28.2. The molecule has 0 aliphatic heterocycles. The summed E-state index contributed by atoms with van der Waals surface area (Å²) in [5.74, 6) is -1.69. The maximum absolute atomic E-state index is 12.3.